The summed E-state index contributed by atoms with van der Waals surface area (Å²) in [7, 11) is 0. The minimum Gasteiger partial charge on any atom is -0.490 e. The number of fused-ring (bicyclic) bond motifs is 1. The van der Waals surface area contributed by atoms with Crippen LogP contribution in [0.2, 0.25) is 0 Å². The van der Waals surface area contributed by atoms with E-state index in [-0.39, 0.29) is 23.8 Å². The van der Waals surface area contributed by atoms with Crippen LogP contribution in [0.4, 0.5) is 5.69 Å². The first kappa shape index (κ1) is 33.8. The molecule has 1 aliphatic heterocycles. The van der Waals surface area contributed by atoms with Crippen molar-refractivity contribution in [3.63, 3.8) is 0 Å². The van der Waals surface area contributed by atoms with Crippen molar-refractivity contribution >= 4 is 29.4 Å². The van der Waals surface area contributed by atoms with Crippen molar-refractivity contribution in [3.05, 3.63) is 94.6 Å². The largest absolute Gasteiger partial charge is 0.490 e. The van der Waals surface area contributed by atoms with Gasteiger partial charge in [0.15, 0.2) is 36.7 Å². The second-order valence-electron chi connectivity index (χ2n) is 12.8. The highest BCUT2D eigenvalue weighted by molar-refractivity contribution is 5.90. The number of rotatable bonds is 11. The van der Waals surface area contributed by atoms with Crippen molar-refractivity contribution in [2.75, 3.05) is 18.5 Å². The Morgan fingerprint density at radius 2 is 2.02 bits per heavy atom. The molecule has 1 amide bonds. The lowest BCUT2D eigenvalue weighted by Gasteiger charge is -2.32. The maximum Gasteiger partial charge on any atom is 0.330 e. The molecule has 2 aromatic rings. The molecule has 45 heavy (non-hydrogen) atoms. The zero-order chi connectivity index (χ0) is 32.2. The standard InChI is InChI=1S/C38H48N2O5/c1-28(13-16-33-30(3)10-7-21-38(33,4)5)9-6-11-35(41)39-32-18-23-40(24-19-32)22-8-25-43-34-27-45-36(42)17-14-29(2)12-15-31-20-26-44-37(31)34/h9,13-20,23-24,26,29H,6-8,10-12,21-22,25,27H2,1-5H3/p+1. The molecule has 2 aliphatic rings. The minimum absolute atomic E-state index is 0.000216. The molecule has 0 bridgehead atoms. The lowest BCUT2D eigenvalue weighted by atomic mass is 9.72. The molecule has 1 aliphatic carbocycles. The van der Waals surface area contributed by atoms with Gasteiger partial charge in [-0.1, -0.05) is 62.3 Å². The quantitative estimate of drug-likeness (QED) is 0.136. The van der Waals surface area contributed by atoms with E-state index in [0.717, 1.165) is 30.3 Å². The Morgan fingerprint density at radius 3 is 2.80 bits per heavy atom. The second kappa shape index (κ2) is 16.3. The molecule has 1 N–H and O–H groups in total. The molecule has 4 rings (SSSR count). The van der Waals surface area contributed by atoms with Gasteiger partial charge in [-0.3, -0.25) is 4.79 Å². The minimum atomic E-state index is -0.397. The summed E-state index contributed by atoms with van der Waals surface area (Å²) in [5, 5.41) is 3.93. The van der Waals surface area contributed by atoms with Gasteiger partial charge in [-0.25, -0.2) is 9.36 Å². The molecular formula is C38H49N2O5+. The van der Waals surface area contributed by atoms with Gasteiger partial charge in [0.25, 0.3) is 0 Å². The normalized spacial score (nSPS) is 19.0. The van der Waals surface area contributed by atoms with Crippen LogP contribution in [0.15, 0.2) is 88.4 Å². The van der Waals surface area contributed by atoms with E-state index in [1.165, 1.54) is 42.1 Å². The molecule has 0 spiro atoms. The number of nitrogens with zero attached hydrogens (tertiary/aromatic N) is 1. The van der Waals surface area contributed by atoms with Crippen molar-refractivity contribution in [3.8, 4) is 0 Å². The number of aryl methyl sites for hydroxylation is 1. The summed E-state index contributed by atoms with van der Waals surface area (Å²) in [6, 6.07) is 5.71. The van der Waals surface area contributed by atoms with E-state index in [4.69, 9.17) is 13.9 Å². The van der Waals surface area contributed by atoms with Gasteiger partial charge in [0.05, 0.1) is 18.6 Å². The molecule has 240 valence electrons. The van der Waals surface area contributed by atoms with E-state index in [2.05, 4.69) is 57.3 Å². The Bertz CT molecular complexity index is 1570. The number of allylic oxidation sites excluding steroid dienone is 7. The predicted octanol–water partition coefficient (Wildman–Crippen LogP) is 6.45. The molecule has 7 nitrogen and oxygen atoms in total. The van der Waals surface area contributed by atoms with E-state index in [0.29, 0.717) is 30.6 Å². The molecular weight excluding hydrogens is 564 g/mol. The van der Waals surface area contributed by atoms with Crippen molar-refractivity contribution < 1.29 is 28.0 Å². The third kappa shape index (κ3) is 10.5. The first-order valence-electron chi connectivity index (χ1n) is 16.2. The molecule has 0 saturated carbocycles. The summed E-state index contributed by atoms with van der Waals surface area (Å²) >= 11 is 0. The van der Waals surface area contributed by atoms with Gasteiger partial charge >= 0.3 is 5.97 Å². The average molecular weight is 614 g/mol. The van der Waals surface area contributed by atoms with E-state index in [1.807, 2.05) is 48.2 Å². The topological polar surface area (TPSA) is 81.7 Å². The lowest BCUT2D eigenvalue weighted by Crippen LogP contribution is -2.33. The van der Waals surface area contributed by atoms with Gasteiger partial charge in [0, 0.05) is 36.3 Å². The van der Waals surface area contributed by atoms with Crippen molar-refractivity contribution in [2.24, 2.45) is 11.3 Å². The van der Waals surface area contributed by atoms with E-state index < -0.39 is 5.97 Å². The first-order chi connectivity index (χ1) is 21.6. The maximum atomic E-state index is 12.5. The number of pyridine rings is 1. The number of anilines is 1. The number of amides is 1. The monoisotopic (exact) mass is 613 g/mol. The smallest absolute Gasteiger partial charge is 0.330 e. The SMILES string of the molecule is CC(C=CC1=C(C)CCCC1(C)C)=CCCC(=O)Nc1cc[n+](CCCOC2=c3occc3=CCC(C)C=CC(=O)OC2)cc1. The first-order valence-corrected chi connectivity index (χ1v) is 16.2. The number of carbonyl (C=O) groups is 2. The Kier molecular flexibility index (Phi) is 12.2. The van der Waals surface area contributed by atoms with Gasteiger partial charge in [0.2, 0.25) is 5.91 Å². The third-order valence-corrected chi connectivity index (χ3v) is 8.47. The summed E-state index contributed by atoms with van der Waals surface area (Å²) in [6.45, 7) is 12.2. The van der Waals surface area contributed by atoms with E-state index >= 15 is 0 Å². The van der Waals surface area contributed by atoms with Crippen LogP contribution >= 0.6 is 0 Å². The highest BCUT2D eigenvalue weighted by Crippen LogP contribution is 2.40. The van der Waals surface area contributed by atoms with Crippen LogP contribution in [0.3, 0.4) is 0 Å². The Balaban J connectivity index is 1.22. The fourth-order valence-electron chi connectivity index (χ4n) is 5.78. The molecule has 0 saturated heterocycles. The Morgan fingerprint density at radius 1 is 1.22 bits per heavy atom. The molecule has 1 unspecified atom stereocenters. The van der Waals surface area contributed by atoms with Gasteiger partial charge in [-0.05, 0) is 68.9 Å². The number of ether oxygens (including phenoxy) is 2. The summed E-state index contributed by atoms with van der Waals surface area (Å²) < 4.78 is 19.2. The van der Waals surface area contributed by atoms with Gasteiger partial charge in [-0.15, -0.1) is 0 Å². The second-order valence-corrected chi connectivity index (χ2v) is 12.8. The Labute approximate surface area is 267 Å². The van der Waals surface area contributed by atoms with Gasteiger partial charge in [-0.2, -0.15) is 0 Å². The molecule has 3 heterocycles. The number of hydrogen-bond donors (Lipinski definition) is 1. The number of furan rings is 1. The van der Waals surface area contributed by atoms with Crippen LogP contribution in [0.5, 0.6) is 0 Å². The van der Waals surface area contributed by atoms with Crippen LogP contribution in [0.1, 0.15) is 79.6 Å². The number of carbonyl (C=O) groups excluding carboxylic acids is 2. The summed E-state index contributed by atoms with van der Waals surface area (Å²) in [4.78, 5) is 24.6. The predicted molar refractivity (Wildman–Crippen MR) is 178 cm³/mol. The summed E-state index contributed by atoms with van der Waals surface area (Å²) in [5.74, 6) is 0.318. The van der Waals surface area contributed by atoms with Gasteiger partial charge < -0.3 is 19.2 Å². The third-order valence-electron chi connectivity index (χ3n) is 8.47. The highest BCUT2D eigenvalue weighted by Gasteiger charge is 2.26. The van der Waals surface area contributed by atoms with Crippen LogP contribution < -0.4 is 20.5 Å². The fraction of sp³-hybridized carbons (Fsp3) is 0.447. The van der Waals surface area contributed by atoms with Gasteiger partial charge in [0.1, 0.15) is 0 Å². The van der Waals surface area contributed by atoms with Crippen LogP contribution in [0, 0.1) is 11.3 Å². The molecule has 0 aromatic carbocycles. The van der Waals surface area contributed by atoms with Crippen molar-refractivity contribution in [2.45, 2.75) is 86.1 Å². The molecule has 1 atom stereocenters. The average Bonchev–Trinajstić information content (AvgIpc) is 3.46. The maximum absolute atomic E-state index is 12.5. The van der Waals surface area contributed by atoms with E-state index in [1.54, 1.807) is 6.26 Å². The number of aromatic nitrogens is 1. The molecule has 2 aromatic heterocycles. The van der Waals surface area contributed by atoms with Crippen molar-refractivity contribution in [1.82, 2.24) is 0 Å². The molecule has 0 fully saturated rings. The summed E-state index contributed by atoms with van der Waals surface area (Å²) in [6.07, 6.45) is 23.9. The van der Waals surface area contributed by atoms with Crippen molar-refractivity contribution in [1.29, 1.82) is 0 Å². The highest BCUT2D eigenvalue weighted by atomic mass is 16.6. The van der Waals surface area contributed by atoms with Crippen LogP contribution in [-0.4, -0.2) is 25.1 Å². The van der Waals surface area contributed by atoms with Crippen LogP contribution in [0.25, 0.3) is 11.8 Å². The summed E-state index contributed by atoms with van der Waals surface area (Å²) in [5.41, 5.74) is 5.73. The van der Waals surface area contributed by atoms with E-state index in [9.17, 15) is 9.59 Å². The number of cyclic esters (lactones) is 1. The number of nitrogens with one attached hydrogen (secondary N) is 1. The zero-order valence-corrected chi connectivity index (χ0v) is 27.6. The number of hydrogen-bond acceptors (Lipinski definition) is 5. The molecule has 7 heteroatoms. The van der Waals surface area contributed by atoms with Crippen LogP contribution in [-0.2, 0) is 25.6 Å². The molecule has 0 radical (unpaired) electrons. The lowest BCUT2D eigenvalue weighted by molar-refractivity contribution is -0.697. The fourth-order valence-corrected chi connectivity index (χ4v) is 5.78. The number of esters is 1. The zero-order valence-electron chi connectivity index (χ0n) is 27.6. The Hall–Kier alpha value is -4.13.